The van der Waals surface area contributed by atoms with Crippen LogP contribution in [-0.4, -0.2) is 18.7 Å². The molecule has 0 amide bonds. The zero-order chi connectivity index (χ0) is 17.7. The van der Waals surface area contributed by atoms with Crippen LogP contribution in [0.5, 0.6) is 0 Å². The quantitative estimate of drug-likeness (QED) is 0.609. The summed E-state index contributed by atoms with van der Waals surface area (Å²) in [6.07, 6.45) is 2.26. The molecule has 0 heterocycles. The Bertz CT molecular complexity index is 708. The van der Waals surface area contributed by atoms with E-state index in [-0.39, 0.29) is 17.5 Å². The minimum atomic E-state index is -0.183. The number of hydrogen-bond acceptors (Lipinski definition) is 3. The van der Waals surface area contributed by atoms with E-state index in [9.17, 15) is 4.79 Å². The van der Waals surface area contributed by atoms with Crippen molar-refractivity contribution in [3.05, 3.63) is 70.2 Å². The molecule has 1 aliphatic carbocycles. The number of halogens is 1. The summed E-state index contributed by atoms with van der Waals surface area (Å²) in [5.41, 5.74) is 2.17. The van der Waals surface area contributed by atoms with E-state index in [2.05, 4.69) is 40.2 Å². The molecule has 0 atom stereocenters. The minimum Gasteiger partial charge on any atom is -0.466 e. The van der Waals surface area contributed by atoms with Gasteiger partial charge in [0.15, 0.2) is 0 Å². The number of benzene rings is 2. The van der Waals surface area contributed by atoms with Gasteiger partial charge in [-0.1, -0.05) is 58.4 Å². The molecule has 2 aromatic rings. The van der Waals surface area contributed by atoms with E-state index in [1.54, 1.807) is 0 Å². The van der Waals surface area contributed by atoms with Crippen LogP contribution in [0.4, 0.5) is 0 Å². The highest BCUT2D eigenvalue weighted by Gasteiger charge is 2.48. The molecule has 0 N–H and O–H groups in total. The van der Waals surface area contributed by atoms with Gasteiger partial charge in [0, 0.05) is 9.89 Å². The van der Waals surface area contributed by atoms with Gasteiger partial charge in [-0.2, -0.15) is 0 Å². The highest BCUT2D eigenvalue weighted by molar-refractivity contribution is 9.10. The minimum absolute atomic E-state index is 0.135. The summed E-state index contributed by atoms with van der Waals surface area (Å²) in [5.74, 6) is -0.135. The molecule has 2 aromatic carbocycles. The van der Waals surface area contributed by atoms with Crippen molar-refractivity contribution in [2.24, 2.45) is 0 Å². The van der Waals surface area contributed by atoms with E-state index >= 15 is 0 Å². The van der Waals surface area contributed by atoms with E-state index in [0.29, 0.717) is 19.6 Å². The first-order chi connectivity index (χ1) is 12.1. The van der Waals surface area contributed by atoms with Gasteiger partial charge in [-0.3, -0.25) is 4.79 Å². The maximum Gasteiger partial charge on any atom is 0.306 e. The van der Waals surface area contributed by atoms with E-state index < -0.39 is 0 Å². The van der Waals surface area contributed by atoms with Gasteiger partial charge in [0.1, 0.15) is 0 Å². The molecular weight excluding hydrogens is 380 g/mol. The zero-order valence-corrected chi connectivity index (χ0v) is 16.0. The zero-order valence-electron chi connectivity index (χ0n) is 14.4. The topological polar surface area (TPSA) is 35.5 Å². The largest absolute Gasteiger partial charge is 0.466 e. The Morgan fingerprint density at radius 2 is 1.92 bits per heavy atom. The van der Waals surface area contributed by atoms with Crippen LogP contribution in [0.2, 0.25) is 0 Å². The summed E-state index contributed by atoms with van der Waals surface area (Å²) < 4.78 is 12.3. The lowest BCUT2D eigenvalue weighted by Gasteiger charge is -2.47. The molecule has 0 aliphatic heterocycles. The second-order valence-electron chi connectivity index (χ2n) is 6.60. The molecule has 0 aromatic heterocycles. The van der Waals surface area contributed by atoms with Gasteiger partial charge in [-0.25, -0.2) is 0 Å². The SMILES string of the molecule is CCOC(=O)CC1(c2cccc(Br)c2)CC(OCc2ccccc2)C1. The van der Waals surface area contributed by atoms with Crippen molar-refractivity contribution in [3.63, 3.8) is 0 Å². The Balaban J connectivity index is 1.67. The normalized spacial score (nSPS) is 22.2. The fraction of sp³-hybridized carbons (Fsp3) is 0.381. The summed E-state index contributed by atoms with van der Waals surface area (Å²) in [6.45, 7) is 2.87. The van der Waals surface area contributed by atoms with Crippen molar-refractivity contribution in [2.75, 3.05) is 6.61 Å². The Labute approximate surface area is 157 Å². The lowest BCUT2D eigenvalue weighted by molar-refractivity contribution is -0.148. The fourth-order valence-electron chi connectivity index (χ4n) is 3.51. The summed E-state index contributed by atoms with van der Waals surface area (Å²) in [6, 6.07) is 18.4. The monoisotopic (exact) mass is 402 g/mol. The molecule has 0 bridgehead atoms. The van der Waals surface area contributed by atoms with E-state index in [1.165, 1.54) is 11.1 Å². The summed E-state index contributed by atoms with van der Waals surface area (Å²) in [7, 11) is 0. The summed E-state index contributed by atoms with van der Waals surface area (Å²) >= 11 is 3.53. The van der Waals surface area contributed by atoms with Crippen LogP contribution in [0, 0.1) is 0 Å². The molecular formula is C21H23BrO3. The molecule has 1 saturated carbocycles. The van der Waals surface area contributed by atoms with Gasteiger partial charge in [-0.05, 0) is 43.0 Å². The first-order valence-corrected chi connectivity index (χ1v) is 9.48. The van der Waals surface area contributed by atoms with Crippen molar-refractivity contribution in [2.45, 2.75) is 44.3 Å². The smallest absolute Gasteiger partial charge is 0.306 e. The second-order valence-corrected chi connectivity index (χ2v) is 7.52. The Morgan fingerprint density at radius 1 is 1.16 bits per heavy atom. The molecule has 0 saturated heterocycles. The van der Waals surface area contributed by atoms with Crippen LogP contribution in [0.15, 0.2) is 59.1 Å². The van der Waals surface area contributed by atoms with Crippen LogP contribution in [-0.2, 0) is 26.3 Å². The second kappa shape index (κ2) is 8.15. The summed E-state index contributed by atoms with van der Waals surface area (Å²) in [5, 5.41) is 0. The van der Waals surface area contributed by atoms with E-state index in [1.807, 2.05) is 37.3 Å². The van der Waals surface area contributed by atoms with Crippen molar-refractivity contribution >= 4 is 21.9 Å². The molecule has 3 rings (SSSR count). The van der Waals surface area contributed by atoms with Gasteiger partial charge >= 0.3 is 5.97 Å². The molecule has 0 spiro atoms. The fourth-order valence-corrected chi connectivity index (χ4v) is 3.91. The highest BCUT2D eigenvalue weighted by atomic mass is 79.9. The third-order valence-electron chi connectivity index (χ3n) is 4.79. The predicted molar refractivity (Wildman–Crippen MR) is 101 cm³/mol. The predicted octanol–water partition coefficient (Wildman–Crippen LogP) is 5.02. The third-order valence-corrected chi connectivity index (χ3v) is 5.28. The van der Waals surface area contributed by atoms with Gasteiger partial charge in [0.25, 0.3) is 0 Å². The molecule has 132 valence electrons. The van der Waals surface area contributed by atoms with E-state index in [0.717, 1.165) is 17.3 Å². The summed E-state index contributed by atoms with van der Waals surface area (Å²) in [4.78, 5) is 12.1. The average molecular weight is 403 g/mol. The van der Waals surface area contributed by atoms with Gasteiger partial charge in [0.2, 0.25) is 0 Å². The highest BCUT2D eigenvalue weighted by Crippen LogP contribution is 2.48. The lowest BCUT2D eigenvalue weighted by Crippen LogP contribution is -2.47. The molecule has 4 heteroatoms. The number of ether oxygens (including phenoxy) is 2. The number of esters is 1. The maximum atomic E-state index is 12.1. The van der Waals surface area contributed by atoms with Crippen molar-refractivity contribution < 1.29 is 14.3 Å². The molecule has 1 aliphatic rings. The first kappa shape index (κ1) is 18.2. The number of carbonyl (C=O) groups excluding carboxylic acids is 1. The van der Waals surface area contributed by atoms with E-state index in [4.69, 9.17) is 9.47 Å². The third kappa shape index (κ3) is 4.50. The standard InChI is InChI=1S/C21H23BrO3/c1-2-24-20(23)14-21(17-9-6-10-18(22)11-17)12-19(13-21)25-15-16-7-4-3-5-8-16/h3-11,19H,2,12-15H2,1H3. The molecule has 3 nitrogen and oxygen atoms in total. The van der Waals surface area contributed by atoms with Crippen LogP contribution in [0.3, 0.4) is 0 Å². The molecule has 1 fully saturated rings. The van der Waals surface area contributed by atoms with Crippen molar-refractivity contribution in [3.8, 4) is 0 Å². The Kier molecular flexibility index (Phi) is 5.92. The van der Waals surface area contributed by atoms with Gasteiger partial charge < -0.3 is 9.47 Å². The lowest BCUT2D eigenvalue weighted by atomic mass is 9.61. The van der Waals surface area contributed by atoms with Gasteiger partial charge in [0.05, 0.1) is 25.7 Å². The first-order valence-electron chi connectivity index (χ1n) is 8.68. The van der Waals surface area contributed by atoms with Crippen molar-refractivity contribution in [1.82, 2.24) is 0 Å². The maximum absolute atomic E-state index is 12.1. The molecule has 25 heavy (non-hydrogen) atoms. The van der Waals surface area contributed by atoms with Crippen LogP contribution >= 0.6 is 15.9 Å². The number of carbonyl (C=O) groups is 1. The average Bonchev–Trinajstić information content (AvgIpc) is 2.58. The van der Waals surface area contributed by atoms with Gasteiger partial charge in [-0.15, -0.1) is 0 Å². The van der Waals surface area contributed by atoms with Crippen molar-refractivity contribution in [1.29, 1.82) is 0 Å². The number of hydrogen-bond donors (Lipinski definition) is 0. The molecule has 0 unspecified atom stereocenters. The van der Waals surface area contributed by atoms with Crippen LogP contribution in [0.1, 0.15) is 37.3 Å². The Morgan fingerprint density at radius 3 is 2.60 bits per heavy atom. The number of rotatable bonds is 7. The van der Waals surface area contributed by atoms with Crippen LogP contribution < -0.4 is 0 Å². The van der Waals surface area contributed by atoms with Crippen LogP contribution in [0.25, 0.3) is 0 Å². The molecule has 0 radical (unpaired) electrons. The Hall–Kier alpha value is -1.65.